The molecule has 3 nitrogen and oxygen atoms in total. The van der Waals surface area contributed by atoms with E-state index in [0.29, 0.717) is 6.04 Å². The average molecular weight is 260 g/mol. The predicted octanol–water partition coefficient (Wildman–Crippen LogP) is 3.13. The number of anilines is 1. The number of carbonyl (C=O) groups is 1. The molecule has 0 radical (unpaired) electrons. The van der Waals surface area contributed by atoms with Crippen molar-refractivity contribution >= 4 is 11.6 Å². The van der Waals surface area contributed by atoms with Gasteiger partial charge in [0.25, 0.3) is 0 Å². The first kappa shape index (κ1) is 13.9. The predicted molar refractivity (Wildman–Crippen MR) is 79.0 cm³/mol. The maximum absolute atomic E-state index is 12.3. The maximum atomic E-state index is 12.3. The van der Waals surface area contributed by atoms with Crippen LogP contribution in [-0.4, -0.2) is 11.9 Å². The Labute approximate surface area is 115 Å². The van der Waals surface area contributed by atoms with Crippen LogP contribution in [0.1, 0.15) is 56.1 Å². The molecule has 1 aliphatic carbocycles. The van der Waals surface area contributed by atoms with Gasteiger partial charge in [0.05, 0.1) is 5.92 Å². The van der Waals surface area contributed by atoms with Crippen LogP contribution in [0.5, 0.6) is 0 Å². The van der Waals surface area contributed by atoms with Gasteiger partial charge >= 0.3 is 0 Å². The van der Waals surface area contributed by atoms with Crippen molar-refractivity contribution in [2.75, 3.05) is 5.73 Å². The van der Waals surface area contributed by atoms with Crippen LogP contribution in [-0.2, 0) is 4.79 Å². The standard InChI is InChI=1S/C16H24N2O/c1-11-10-13(8-9-15(11)17)12(2)16(19)18-14-6-4-3-5-7-14/h8-10,12,14H,3-7,17H2,1-2H3,(H,18,19). The second-order valence-electron chi connectivity index (χ2n) is 5.68. The number of rotatable bonds is 3. The first-order chi connectivity index (χ1) is 9.08. The van der Waals surface area contributed by atoms with Crippen molar-refractivity contribution < 1.29 is 4.79 Å². The fourth-order valence-corrected chi connectivity index (χ4v) is 2.69. The van der Waals surface area contributed by atoms with Crippen molar-refractivity contribution in [3.05, 3.63) is 29.3 Å². The molecule has 0 saturated heterocycles. The summed E-state index contributed by atoms with van der Waals surface area (Å²) in [5.74, 6) is 0.0253. The third kappa shape index (κ3) is 3.49. The molecule has 1 saturated carbocycles. The molecule has 19 heavy (non-hydrogen) atoms. The van der Waals surface area contributed by atoms with Crippen LogP contribution in [0, 0.1) is 6.92 Å². The lowest BCUT2D eigenvalue weighted by atomic mass is 9.93. The molecule has 3 N–H and O–H groups in total. The highest BCUT2D eigenvalue weighted by molar-refractivity contribution is 5.83. The molecule has 1 aromatic carbocycles. The molecule has 3 heteroatoms. The van der Waals surface area contributed by atoms with Crippen LogP contribution in [0.3, 0.4) is 0 Å². The first-order valence-corrected chi connectivity index (χ1v) is 7.24. The summed E-state index contributed by atoms with van der Waals surface area (Å²) in [5.41, 5.74) is 8.67. The quantitative estimate of drug-likeness (QED) is 0.820. The monoisotopic (exact) mass is 260 g/mol. The van der Waals surface area contributed by atoms with Crippen LogP contribution in [0.2, 0.25) is 0 Å². The van der Waals surface area contributed by atoms with Gasteiger partial charge in [0.15, 0.2) is 0 Å². The molecule has 1 unspecified atom stereocenters. The van der Waals surface area contributed by atoms with Crippen molar-refractivity contribution in [2.45, 2.75) is 57.9 Å². The summed E-state index contributed by atoms with van der Waals surface area (Å²) < 4.78 is 0. The highest BCUT2D eigenvalue weighted by Crippen LogP contribution is 2.22. The molecular formula is C16H24N2O. The van der Waals surface area contributed by atoms with Gasteiger partial charge in [-0.3, -0.25) is 4.79 Å². The molecule has 1 atom stereocenters. The van der Waals surface area contributed by atoms with Gasteiger partial charge < -0.3 is 11.1 Å². The Morgan fingerprint density at radius 2 is 2.00 bits per heavy atom. The minimum atomic E-state index is -0.110. The van der Waals surface area contributed by atoms with Gasteiger partial charge in [0.1, 0.15) is 0 Å². The molecule has 0 bridgehead atoms. The Balaban J connectivity index is 1.99. The lowest BCUT2D eigenvalue weighted by molar-refractivity contribution is -0.123. The lowest BCUT2D eigenvalue weighted by Gasteiger charge is -2.24. The Kier molecular flexibility index (Phi) is 4.46. The highest BCUT2D eigenvalue weighted by Gasteiger charge is 2.20. The number of hydrogen-bond acceptors (Lipinski definition) is 2. The van der Waals surface area contributed by atoms with E-state index in [9.17, 15) is 4.79 Å². The van der Waals surface area contributed by atoms with Gasteiger partial charge in [-0.1, -0.05) is 31.4 Å². The minimum absolute atomic E-state index is 0.110. The minimum Gasteiger partial charge on any atom is -0.399 e. The molecular weight excluding hydrogens is 236 g/mol. The zero-order valence-electron chi connectivity index (χ0n) is 11.9. The summed E-state index contributed by atoms with van der Waals surface area (Å²) in [6.07, 6.45) is 6.03. The summed E-state index contributed by atoms with van der Waals surface area (Å²) in [7, 11) is 0. The third-order valence-corrected chi connectivity index (χ3v) is 4.14. The topological polar surface area (TPSA) is 55.1 Å². The number of nitrogens with one attached hydrogen (secondary N) is 1. The molecule has 0 spiro atoms. The summed E-state index contributed by atoms with van der Waals surface area (Å²) in [6, 6.07) is 6.22. The van der Waals surface area contributed by atoms with E-state index in [2.05, 4.69) is 5.32 Å². The lowest BCUT2D eigenvalue weighted by Crippen LogP contribution is -2.38. The van der Waals surface area contributed by atoms with E-state index in [1.807, 2.05) is 32.0 Å². The van der Waals surface area contributed by atoms with Gasteiger partial charge in [-0.05, 0) is 43.9 Å². The van der Waals surface area contributed by atoms with E-state index >= 15 is 0 Å². The zero-order valence-corrected chi connectivity index (χ0v) is 11.9. The number of carbonyl (C=O) groups excluding carboxylic acids is 1. The van der Waals surface area contributed by atoms with E-state index in [-0.39, 0.29) is 11.8 Å². The van der Waals surface area contributed by atoms with E-state index in [4.69, 9.17) is 5.73 Å². The largest absolute Gasteiger partial charge is 0.399 e. The van der Waals surface area contributed by atoms with Gasteiger partial charge in [-0.15, -0.1) is 0 Å². The van der Waals surface area contributed by atoms with Gasteiger partial charge in [0.2, 0.25) is 5.91 Å². The molecule has 1 aromatic rings. The van der Waals surface area contributed by atoms with Gasteiger partial charge in [-0.25, -0.2) is 0 Å². The Hall–Kier alpha value is -1.51. The van der Waals surface area contributed by atoms with Crippen LogP contribution in [0.25, 0.3) is 0 Å². The number of nitrogen functional groups attached to an aromatic ring is 1. The summed E-state index contributed by atoms with van der Waals surface area (Å²) in [4.78, 5) is 12.3. The van der Waals surface area contributed by atoms with E-state index in [0.717, 1.165) is 29.7 Å². The van der Waals surface area contributed by atoms with E-state index in [1.165, 1.54) is 19.3 Å². The second kappa shape index (κ2) is 6.09. The molecule has 1 aliphatic rings. The van der Waals surface area contributed by atoms with Crippen LogP contribution < -0.4 is 11.1 Å². The first-order valence-electron chi connectivity index (χ1n) is 7.24. The molecule has 0 aliphatic heterocycles. The number of benzene rings is 1. The Morgan fingerprint density at radius 3 is 2.63 bits per heavy atom. The maximum Gasteiger partial charge on any atom is 0.227 e. The van der Waals surface area contributed by atoms with Crippen molar-refractivity contribution in [3.8, 4) is 0 Å². The molecule has 0 aromatic heterocycles. The van der Waals surface area contributed by atoms with Gasteiger partial charge in [-0.2, -0.15) is 0 Å². The molecule has 1 fully saturated rings. The van der Waals surface area contributed by atoms with E-state index < -0.39 is 0 Å². The molecule has 104 valence electrons. The molecule has 2 rings (SSSR count). The fourth-order valence-electron chi connectivity index (χ4n) is 2.69. The van der Waals surface area contributed by atoms with Crippen molar-refractivity contribution in [1.82, 2.24) is 5.32 Å². The van der Waals surface area contributed by atoms with Crippen molar-refractivity contribution in [2.24, 2.45) is 0 Å². The highest BCUT2D eigenvalue weighted by atomic mass is 16.1. The van der Waals surface area contributed by atoms with Crippen LogP contribution in [0.15, 0.2) is 18.2 Å². The van der Waals surface area contributed by atoms with Crippen molar-refractivity contribution in [3.63, 3.8) is 0 Å². The normalized spacial score (nSPS) is 18.0. The van der Waals surface area contributed by atoms with Crippen molar-refractivity contribution in [1.29, 1.82) is 0 Å². The average Bonchev–Trinajstić information content (AvgIpc) is 2.42. The van der Waals surface area contributed by atoms with E-state index in [1.54, 1.807) is 0 Å². The summed E-state index contributed by atoms with van der Waals surface area (Å²) in [6.45, 7) is 3.94. The Morgan fingerprint density at radius 1 is 1.32 bits per heavy atom. The SMILES string of the molecule is Cc1cc(C(C)C(=O)NC2CCCCC2)ccc1N. The van der Waals surface area contributed by atoms with Crippen LogP contribution >= 0.6 is 0 Å². The third-order valence-electron chi connectivity index (χ3n) is 4.14. The summed E-state index contributed by atoms with van der Waals surface area (Å²) in [5, 5.41) is 3.18. The zero-order chi connectivity index (χ0) is 13.8. The second-order valence-corrected chi connectivity index (χ2v) is 5.68. The number of nitrogens with two attached hydrogens (primary N) is 1. The molecule has 1 amide bonds. The smallest absolute Gasteiger partial charge is 0.227 e. The number of hydrogen-bond donors (Lipinski definition) is 2. The number of amides is 1. The Bertz CT molecular complexity index is 450. The summed E-state index contributed by atoms with van der Waals surface area (Å²) >= 11 is 0. The molecule has 0 heterocycles. The number of aryl methyl sites for hydroxylation is 1. The fraction of sp³-hybridized carbons (Fsp3) is 0.562. The van der Waals surface area contributed by atoms with Gasteiger partial charge in [0, 0.05) is 11.7 Å². The van der Waals surface area contributed by atoms with Crippen LogP contribution in [0.4, 0.5) is 5.69 Å².